The average Bonchev–Trinajstić information content (AvgIpc) is 3.59. The predicted octanol–water partition coefficient (Wildman–Crippen LogP) is 9.54. The van der Waals surface area contributed by atoms with E-state index in [1.807, 2.05) is 0 Å². The number of phenols is 1. The van der Waals surface area contributed by atoms with Gasteiger partial charge in [0.1, 0.15) is 16.3 Å². The molecule has 6 aromatic carbocycles. The number of rotatable bonds is 15. The molecule has 0 saturated carbocycles. The topological polar surface area (TPSA) is 346 Å². The van der Waals surface area contributed by atoms with E-state index >= 15 is 0 Å². The summed E-state index contributed by atoms with van der Waals surface area (Å²) in [5, 5.41) is 69.4. The first-order valence-electron chi connectivity index (χ1n) is 17.0. The van der Waals surface area contributed by atoms with E-state index in [9.17, 15) is 51.0 Å². The number of phenolic OH excluding ortho intramolecular Hbond substituents is 1. The molecular formula is C36H24N8O15S4. The third-order valence-corrected chi connectivity index (χ3v) is 11.5. The number of H-pyrrole nitrogens is 1. The van der Waals surface area contributed by atoms with Crippen LogP contribution in [0.2, 0.25) is 0 Å². The third-order valence-electron chi connectivity index (χ3n) is 8.66. The highest BCUT2D eigenvalue weighted by molar-refractivity contribution is 7.95. The molecule has 0 amide bonds. The van der Waals surface area contributed by atoms with Crippen LogP contribution in [0.3, 0.4) is 0 Å². The lowest BCUT2D eigenvalue weighted by Crippen LogP contribution is -2.13. The third kappa shape index (κ3) is 9.67. The van der Waals surface area contributed by atoms with Crippen LogP contribution >= 0.6 is 24.1 Å². The summed E-state index contributed by atoms with van der Waals surface area (Å²) in [6, 6.07) is 23.5. The highest BCUT2D eigenvalue weighted by atomic mass is 32.2. The van der Waals surface area contributed by atoms with E-state index in [4.69, 9.17) is 5.26 Å². The van der Waals surface area contributed by atoms with Crippen molar-refractivity contribution in [2.24, 2.45) is 30.7 Å². The molecule has 1 aromatic heterocycles. The van der Waals surface area contributed by atoms with Crippen LogP contribution in [0.4, 0.5) is 34.1 Å². The lowest BCUT2D eigenvalue weighted by molar-refractivity contribution is -0.432. The second kappa shape index (κ2) is 18.3. The number of para-hydroxylation sites is 1. The van der Waals surface area contributed by atoms with Crippen LogP contribution < -0.4 is 5.56 Å². The number of carbonyl (C=O) groups is 1. The fourth-order valence-corrected chi connectivity index (χ4v) is 7.82. The van der Waals surface area contributed by atoms with Gasteiger partial charge in [-0.3, -0.25) is 19.0 Å². The van der Waals surface area contributed by atoms with Gasteiger partial charge in [-0.2, -0.15) is 26.3 Å². The highest BCUT2D eigenvalue weighted by Crippen LogP contribution is 2.47. The van der Waals surface area contributed by atoms with Crippen LogP contribution in [0.15, 0.2) is 158 Å². The smallest absolute Gasteiger partial charge is 0.356 e. The zero-order valence-corrected chi connectivity index (χ0v) is 34.2. The summed E-state index contributed by atoms with van der Waals surface area (Å²) in [7, 11) is -9.87. The Bertz CT molecular complexity index is 3310. The van der Waals surface area contributed by atoms with E-state index in [0.29, 0.717) is 10.6 Å². The molecule has 7 rings (SSSR count). The number of azo groups is 3. The number of fused-ring (bicyclic) bond motifs is 2. The lowest BCUT2D eigenvalue weighted by Gasteiger charge is -2.11. The Balaban J connectivity index is 1.33. The van der Waals surface area contributed by atoms with Crippen molar-refractivity contribution in [1.82, 2.24) is 9.78 Å². The van der Waals surface area contributed by atoms with E-state index in [1.165, 1.54) is 36.4 Å². The van der Waals surface area contributed by atoms with Gasteiger partial charge in [0, 0.05) is 21.1 Å². The summed E-state index contributed by atoms with van der Waals surface area (Å²) >= 11 is 0.971. The van der Waals surface area contributed by atoms with Gasteiger partial charge in [0.15, 0.2) is 17.1 Å². The Labute approximate surface area is 360 Å². The second-order valence-corrected chi connectivity index (χ2v) is 16.8. The quantitative estimate of drug-likeness (QED) is 0.0165. The molecule has 0 atom stereocenters. The predicted molar refractivity (Wildman–Crippen MR) is 222 cm³/mol. The van der Waals surface area contributed by atoms with Crippen molar-refractivity contribution in [3.05, 3.63) is 119 Å². The number of hydrogen-bond acceptors (Lipinski definition) is 20. The van der Waals surface area contributed by atoms with E-state index < -0.39 is 70.1 Å². The first-order chi connectivity index (χ1) is 30.1. The van der Waals surface area contributed by atoms with Crippen molar-refractivity contribution in [2.45, 2.75) is 19.6 Å². The molecule has 0 unspecified atom stereocenters. The Morgan fingerprint density at radius 3 is 2.00 bits per heavy atom. The first kappa shape index (κ1) is 44.3. The van der Waals surface area contributed by atoms with Crippen LogP contribution in [0.1, 0.15) is 10.5 Å². The van der Waals surface area contributed by atoms with Crippen LogP contribution in [0.5, 0.6) is 5.75 Å². The fourth-order valence-electron chi connectivity index (χ4n) is 5.85. The SMILES string of the molecule is O=C(O)c1[nH]n(-c2ccccc2)c(=O)c1N=Nc1cc2c(O)c(N=Nc3ccc(N=Nc4ccc(SOOO)cc4)c4ccc(S(=O)(=O)O)cc34)c(SOO)cc2cc1S(=O)(=O)O. The van der Waals surface area contributed by atoms with Crippen molar-refractivity contribution >= 4 is 106 Å². The number of aromatic carboxylic acids is 1. The molecule has 0 spiro atoms. The summed E-state index contributed by atoms with van der Waals surface area (Å²) in [6.07, 6.45) is 0. The number of nitrogens with zero attached hydrogens (tertiary/aromatic N) is 7. The minimum atomic E-state index is -5.13. The van der Waals surface area contributed by atoms with Crippen molar-refractivity contribution in [2.75, 3.05) is 0 Å². The van der Waals surface area contributed by atoms with Gasteiger partial charge < -0.3 is 10.2 Å². The number of aromatic hydroxyl groups is 1. The van der Waals surface area contributed by atoms with Crippen LogP contribution in [-0.4, -0.2) is 62.4 Å². The first-order valence-corrected chi connectivity index (χ1v) is 21.4. The van der Waals surface area contributed by atoms with Crippen LogP contribution in [-0.2, 0) is 33.9 Å². The Hall–Kier alpha value is -6.76. The van der Waals surface area contributed by atoms with E-state index in [0.717, 1.165) is 41.0 Å². The summed E-state index contributed by atoms with van der Waals surface area (Å²) in [6.45, 7) is 0. The zero-order chi connectivity index (χ0) is 45.1. The Morgan fingerprint density at radius 2 is 1.35 bits per heavy atom. The Kier molecular flexibility index (Phi) is 12.9. The van der Waals surface area contributed by atoms with Crippen molar-refractivity contribution < 1.29 is 65.2 Å². The van der Waals surface area contributed by atoms with Gasteiger partial charge in [-0.05, 0) is 84.2 Å². The standard InChI is InChI=1S/C36H24N8O15S4/c45-34-24-17-28(40-42-32-33(36(47)48)43-44(35(32)46)20-4-2-1-3-5-20)30(63(54,55)56)15-18(24)14-29(61-58-50)31(34)41-39-27-13-12-26(23-11-10-22(16-25(23)27)62(51,52)53)38-37-19-6-8-21(9-7-19)60-59-57-49/h1-17,43,45,49-50H,(H,47,48)(H,51,52,53)(H,54,55,56). The van der Waals surface area contributed by atoms with Crippen LogP contribution in [0, 0.1) is 0 Å². The monoisotopic (exact) mass is 936 g/mol. The molecule has 322 valence electrons. The molecular weight excluding hydrogens is 913 g/mol. The summed E-state index contributed by atoms with van der Waals surface area (Å²) in [4.78, 5) is 24.3. The molecule has 27 heteroatoms. The highest BCUT2D eigenvalue weighted by Gasteiger charge is 2.24. The molecule has 0 aliphatic rings. The van der Waals surface area contributed by atoms with Crippen molar-refractivity contribution in [1.29, 1.82) is 0 Å². The number of carboxylic acid groups (broad SMARTS) is 1. The summed E-state index contributed by atoms with van der Waals surface area (Å²) in [5.74, 6) is -2.35. The van der Waals surface area contributed by atoms with Crippen molar-refractivity contribution in [3.63, 3.8) is 0 Å². The van der Waals surface area contributed by atoms with Gasteiger partial charge >= 0.3 is 5.97 Å². The molecule has 0 bridgehead atoms. The van der Waals surface area contributed by atoms with Gasteiger partial charge in [-0.1, -0.05) is 29.3 Å². The van der Waals surface area contributed by atoms with E-state index in [1.54, 1.807) is 42.5 Å². The molecule has 0 aliphatic heterocycles. The minimum absolute atomic E-state index is 0.0413. The number of hydrogen-bond donors (Lipinski definition) is 7. The number of benzene rings is 6. The van der Waals surface area contributed by atoms with Crippen LogP contribution in [0.25, 0.3) is 27.2 Å². The molecule has 0 aliphatic carbocycles. The van der Waals surface area contributed by atoms with Gasteiger partial charge in [0.05, 0.1) is 56.6 Å². The fraction of sp³-hybridized carbons (Fsp3) is 0. The molecule has 0 saturated heterocycles. The number of aromatic amines is 1. The average molecular weight is 937 g/mol. The van der Waals surface area contributed by atoms with Gasteiger partial charge in [0.25, 0.3) is 25.8 Å². The number of aromatic nitrogens is 2. The molecule has 0 radical (unpaired) electrons. The molecule has 7 N–H and O–H groups in total. The van der Waals surface area contributed by atoms with Gasteiger partial charge in [-0.15, -0.1) is 29.9 Å². The largest absolute Gasteiger partial charge is 0.505 e. The molecule has 1 heterocycles. The Morgan fingerprint density at radius 1 is 0.683 bits per heavy atom. The van der Waals surface area contributed by atoms with E-state index in [-0.39, 0.29) is 55.5 Å². The maximum atomic E-state index is 13.3. The second-order valence-electron chi connectivity index (χ2n) is 12.5. The number of nitrogens with one attached hydrogen (secondary N) is 1. The maximum absolute atomic E-state index is 13.3. The molecule has 0 fully saturated rings. The summed E-state index contributed by atoms with van der Waals surface area (Å²) in [5.41, 5.74) is -2.72. The summed E-state index contributed by atoms with van der Waals surface area (Å²) < 4.78 is 78.9. The maximum Gasteiger partial charge on any atom is 0.356 e. The molecule has 7 aromatic rings. The lowest BCUT2D eigenvalue weighted by atomic mass is 10.1. The minimum Gasteiger partial charge on any atom is -0.505 e. The van der Waals surface area contributed by atoms with Gasteiger partial charge in [-0.25, -0.2) is 20.0 Å². The van der Waals surface area contributed by atoms with Crippen molar-refractivity contribution in [3.8, 4) is 11.4 Å². The van der Waals surface area contributed by atoms with E-state index in [2.05, 4.69) is 49.5 Å². The molecule has 23 nitrogen and oxygen atoms in total. The molecule has 63 heavy (non-hydrogen) atoms. The normalized spacial score (nSPS) is 12.4. The van der Waals surface area contributed by atoms with Gasteiger partial charge in [0.2, 0.25) is 0 Å². The number of carboxylic acids is 1. The zero-order valence-electron chi connectivity index (χ0n) is 30.9.